The smallest absolute Gasteiger partial charge is 0.0192 e. The minimum Gasteiger partial charge on any atom is -0.317 e. The number of nitrogens with zero attached hydrogens (tertiary/aromatic N) is 1. The first-order valence-corrected chi connectivity index (χ1v) is 6.54. The lowest BCUT2D eigenvalue weighted by molar-refractivity contribution is 0.239. The summed E-state index contributed by atoms with van der Waals surface area (Å²) in [6.45, 7) is 8.54. The number of nitrogens with one attached hydrogen (secondary N) is 2. The maximum atomic E-state index is 3.72. The molecular weight excluding hydrogens is 186 g/mol. The molecule has 2 saturated heterocycles. The summed E-state index contributed by atoms with van der Waals surface area (Å²) in [5, 5.41) is 7.12. The molecule has 0 aliphatic carbocycles. The van der Waals surface area contributed by atoms with Crippen LogP contribution in [-0.4, -0.2) is 49.7 Å². The fourth-order valence-electron chi connectivity index (χ4n) is 2.67. The first-order chi connectivity index (χ1) is 7.36. The Hall–Kier alpha value is -0.120. The summed E-state index contributed by atoms with van der Waals surface area (Å²) >= 11 is 0. The van der Waals surface area contributed by atoms with E-state index in [-0.39, 0.29) is 0 Å². The van der Waals surface area contributed by atoms with Crippen molar-refractivity contribution in [1.29, 1.82) is 0 Å². The maximum Gasteiger partial charge on any atom is 0.0192 e. The fourth-order valence-corrected chi connectivity index (χ4v) is 2.67. The molecule has 0 amide bonds. The molecule has 0 aromatic heterocycles. The van der Waals surface area contributed by atoms with Crippen LogP contribution in [0.5, 0.6) is 0 Å². The van der Waals surface area contributed by atoms with E-state index in [0.717, 1.165) is 12.1 Å². The molecule has 1 unspecified atom stereocenters. The Kier molecular flexibility index (Phi) is 4.42. The number of rotatable bonds is 4. The van der Waals surface area contributed by atoms with Gasteiger partial charge in [-0.3, -0.25) is 4.90 Å². The van der Waals surface area contributed by atoms with Gasteiger partial charge in [0.25, 0.3) is 0 Å². The van der Waals surface area contributed by atoms with Crippen molar-refractivity contribution in [3.63, 3.8) is 0 Å². The van der Waals surface area contributed by atoms with Gasteiger partial charge in [0, 0.05) is 18.6 Å². The quantitative estimate of drug-likeness (QED) is 0.721. The van der Waals surface area contributed by atoms with Crippen molar-refractivity contribution >= 4 is 0 Å². The molecule has 88 valence electrons. The molecule has 0 aromatic carbocycles. The topological polar surface area (TPSA) is 27.3 Å². The third kappa shape index (κ3) is 3.44. The predicted molar refractivity (Wildman–Crippen MR) is 64.2 cm³/mol. The minimum absolute atomic E-state index is 0.724. The molecular formula is C12H25N3. The molecule has 3 nitrogen and oxygen atoms in total. The second-order valence-electron chi connectivity index (χ2n) is 5.02. The Morgan fingerprint density at radius 2 is 1.93 bits per heavy atom. The molecule has 2 aliphatic heterocycles. The Morgan fingerprint density at radius 3 is 2.60 bits per heavy atom. The molecule has 0 radical (unpaired) electrons. The van der Waals surface area contributed by atoms with Crippen LogP contribution in [0.3, 0.4) is 0 Å². The zero-order valence-corrected chi connectivity index (χ0v) is 9.97. The zero-order chi connectivity index (χ0) is 10.5. The molecule has 2 N–H and O–H groups in total. The van der Waals surface area contributed by atoms with Crippen molar-refractivity contribution in [3.05, 3.63) is 0 Å². The van der Waals surface area contributed by atoms with Gasteiger partial charge in [0.15, 0.2) is 0 Å². The average Bonchev–Trinajstić information content (AvgIpc) is 2.81. The summed E-state index contributed by atoms with van der Waals surface area (Å²) in [5.41, 5.74) is 0. The van der Waals surface area contributed by atoms with Gasteiger partial charge < -0.3 is 10.6 Å². The van der Waals surface area contributed by atoms with Crippen LogP contribution in [-0.2, 0) is 0 Å². The molecule has 1 atom stereocenters. The van der Waals surface area contributed by atoms with Crippen LogP contribution in [0.1, 0.15) is 32.6 Å². The highest BCUT2D eigenvalue weighted by Crippen LogP contribution is 2.11. The average molecular weight is 211 g/mol. The lowest BCUT2D eigenvalue weighted by atomic mass is 10.1. The predicted octanol–water partition coefficient (Wildman–Crippen LogP) is 0.812. The van der Waals surface area contributed by atoms with E-state index >= 15 is 0 Å². The van der Waals surface area contributed by atoms with Gasteiger partial charge in [0.1, 0.15) is 0 Å². The third-order valence-electron chi connectivity index (χ3n) is 3.81. The van der Waals surface area contributed by atoms with Gasteiger partial charge in [-0.25, -0.2) is 0 Å². The van der Waals surface area contributed by atoms with Crippen molar-refractivity contribution in [3.8, 4) is 0 Å². The summed E-state index contributed by atoms with van der Waals surface area (Å²) in [6, 6.07) is 1.48. The zero-order valence-electron chi connectivity index (χ0n) is 9.97. The molecule has 0 bridgehead atoms. The molecule has 0 saturated carbocycles. The van der Waals surface area contributed by atoms with Crippen molar-refractivity contribution in [2.24, 2.45) is 0 Å². The summed E-state index contributed by atoms with van der Waals surface area (Å²) in [6.07, 6.45) is 5.40. The third-order valence-corrected chi connectivity index (χ3v) is 3.81. The molecule has 15 heavy (non-hydrogen) atoms. The van der Waals surface area contributed by atoms with E-state index in [1.54, 1.807) is 0 Å². The SMILES string of the molecule is CC(CNC1CCNCC1)N1CCCC1. The van der Waals surface area contributed by atoms with Crippen molar-refractivity contribution in [2.45, 2.75) is 44.7 Å². The van der Waals surface area contributed by atoms with Crippen molar-refractivity contribution < 1.29 is 0 Å². The Labute approximate surface area is 93.6 Å². The first-order valence-electron chi connectivity index (χ1n) is 6.54. The van der Waals surface area contributed by atoms with E-state index in [0.29, 0.717) is 0 Å². The highest BCUT2D eigenvalue weighted by molar-refractivity contribution is 4.79. The number of hydrogen-bond acceptors (Lipinski definition) is 3. The van der Waals surface area contributed by atoms with Gasteiger partial charge >= 0.3 is 0 Å². The minimum atomic E-state index is 0.724. The van der Waals surface area contributed by atoms with E-state index in [1.165, 1.54) is 58.4 Å². The molecule has 0 spiro atoms. The first kappa shape index (κ1) is 11.4. The molecule has 0 aromatic rings. The highest BCUT2D eigenvalue weighted by atomic mass is 15.2. The number of piperidine rings is 1. The van der Waals surface area contributed by atoms with Gasteiger partial charge in [0.05, 0.1) is 0 Å². The van der Waals surface area contributed by atoms with Gasteiger partial charge in [-0.05, 0) is 58.8 Å². The van der Waals surface area contributed by atoms with E-state index in [9.17, 15) is 0 Å². The maximum absolute atomic E-state index is 3.72. The van der Waals surface area contributed by atoms with Crippen LogP contribution in [0.25, 0.3) is 0 Å². The molecule has 3 heteroatoms. The number of hydrogen-bond donors (Lipinski definition) is 2. The lowest BCUT2D eigenvalue weighted by Crippen LogP contribution is -2.45. The van der Waals surface area contributed by atoms with Crippen LogP contribution in [0.4, 0.5) is 0 Å². The number of likely N-dealkylation sites (tertiary alicyclic amines) is 1. The summed E-state index contributed by atoms with van der Waals surface area (Å²) in [4.78, 5) is 2.62. The largest absolute Gasteiger partial charge is 0.317 e. The summed E-state index contributed by atoms with van der Waals surface area (Å²) in [5.74, 6) is 0. The molecule has 2 heterocycles. The van der Waals surface area contributed by atoms with E-state index in [2.05, 4.69) is 22.5 Å². The fraction of sp³-hybridized carbons (Fsp3) is 1.00. The highest BCUT2D eigenvalue weighted by Gasteiger charge is 2.19. The summed E-state index contributed by atoms with van der Waals surface area (Å²) in [7, 11) is 0. The van der Waals surface area contributed by atoms with Crippen LogP contribution in [0.15, 0.2) is 0 Å². The normalized spacial score (nSPS) is 27.0. The Morgan fingerprint density at radius 1 is 1.27 bits per heavy atom. The Bertz CT molecular complexity index is 172. The second-order valence-corrected chi connectivity index (χ2v) is 5.02. The molecule has 2 rings (SSSR count). The molecule has 2 fully saturated rings. The van der Waals surface area contributed by atoms with Crippen LogP contribution >= 0.6 is 0 Å². The second kappa shape index (κ2) is 5.83. The van der Waals surface area contributed by atoms with Crippen molar-refractivity contribution in [2.75, 3.05) is 32.7 Å². The van der Waals surface area contributed by atoms with Gasteiger partial charge in [0.2, 0.25) is 0 Å². The van der Waals surface area contributed by atoms with Gasteiger partial charge in [-0.2, -0.15) is 0 Å². The van der Waals surface area contributed by atoms with E-state index < -0.39 is 0 Å². The lowest BCUT2D eigenvalue weighted by Gasteiger charge is -2.29. The van der Waals surface area contributed by atoms with Gasteiger partial charge in [-0.1, -0.05) is 0 Å². The Balaban J connectivity index is 1.63. The van der Waals surface area contributed by atoms with Crippen molar-refractivity contribution in [1.82, 2.24) is 15.5 Å². The molecule has 2 aliphatic rings. The van der Waals surface area contributed by atoms with Crippen LogP contribution in [0, 0.1) is 0 Å². The van der Waals surface area contributed by atoms with E-state index in [4.69, 9.17) is 0 Å². The standard InChI is InChI=1S/C12H25N3/c1-11(15-8-2-3-9-15)10-14-12-4-6-13-7-5-12/h11-14H,2-10H2,1H3. The van der Waals surface area contributed by atoms with Gasteiger partial charge in [-0.15, -0.1) is 0 Å². The van der Waals surface area contributed by atoms with E-state index in [1.807, 2.05) is 0 Å². The monoisotopic (exact) mass is 211 g/mol. The summed E-state index contributed by atoms with van der Waals surface area (Å²) < 4.78 is 0. The van der Waals surface area contributed by atoms with Crippen LogP contribution < -0.4 is 10.6 Å². The van der Waals surface area contributed by atoms with Crippen LogP contribution in [0.2, 0.25) is 0 Å².